The molecule has 2 aliphatic rings. The number of hydrogen-bond acceptors (Lipinski definition) is 4. The Morgan fingerprint density at radius 3 is 2.68 bits per heavy atom. The zero-order valence-electron chi connectivity index (χ0n) is 12.0. The summed E-state index contributed by atoms with van der Waals surface area (Å²) in [6, 6.07) is 3.58. The molecule has 7 heteroatoms. The SMILES string of the molecule is CN1C(=O)CN(c2cc(C3CC3)cn3cc(C#N)nc23)C1=O. The molecule has 0 N–H and O–H groups in total. The number of rotatable bonds is 2. The van der Waals surface area contributed by atoms with Crippen LogP contribution in [0.2, 0.25) is 0 Å². The van der Waals surface area contributed by atoms with E-state index >= 15 is 0 Å². The number of urea groups is 1. The highest BCUT2D eigenvalue weighted by Crippen LogP contribution is 2.42. The Hall–Kier alpha value is -2.88. The highest BCUT2D eigenvalue weighted by atomic mass is 16.2. The van der Waals surface area contributed by atoms with Gasteiger partial charge in [-0.1, -0.05) is 0 Å². The first-order chi connectivity index (χ1) is 10.6. The smallest absolute Gasteiger partial charge is 0.304 e. The second kappa shape index (κ2) is 4.31. The molecular weight excluding hydrogens is 282 g/mol. The molecule has 22 heavy (non-hydrogen) atoms. The van der Waals surface area contributed by atoms with E-state index < -0.39 is 0 Å². The molecule has 2 aromatic heterocycles. The fourth-order valence-electron chi connectivity index (χ4n) is 2.78. The molecule has 1 aliphatic heterocycles. The van der Waals surface area contributed by atoms with Crippen LogP contribution in [0.25, 0.3) is 5.65 Å². The fourth-order valence-corrected chi connectivity index (χ4v) is 2.78. The molecule has 0 unspecified atom stereocenters. The van der Waals surface area contributed by atoms with Crippen molar-refractivity contribution >= 4 is 23.3 Å². The molecule has 7 nitrogen and oxygen atoms in total. The lowest BCUT2D eigenvalue weighted by Gasteiger charge is -2.17. The van der Waals surface area contributed by atoms with Gasteiger partial charge >= 0.3 is 6.03 Å². The number of carbonyl (C=O) groups is 2. The Labute approximate surface area is 126 Å². The number of fused-ring (bicyclic) bond motifs is 1. The minimum Gasteiger partial charge on any atom is -0.304 e. The van der Waals surface area contributed by atoms with Crippen LogP contribution in [-0.2, 0) is 4.79 Å². The van der Waals surface area contributed by atoms with E-state index in [9.17, 15) is 9.59 Å². The summed E-state index contributed by atoms with van der Waals surface area (Å²) >= 11 is 0. The van der Waals surface area contributed by atoms with Gasteiger partial charge in [-0.05, 0) is 30.4 Å². The topological polar surface area (TPSA) is 81.7 Å². The molecule has 0 aromatic carbocycles. The number of imide groups is 1. The van der Waals surface area contributed by atoms with Crippen LogP contribution in [0.5, 0.6) is 0 Å². The predicted octanol–water partition coefficient (Wildman–Crippen LogP) is 1.48. The largest absolute Gasteiger partial charge is 0.331 e. The zero-order chi connectivity index (χ0) is 15.4. The third-order valence-electron chi connectivity index (χ3n) is 4.19. The van der Waals surface area contributed by atoms with Crippen LogP contribution in [0.15, 0.2) is 18.5 Å². The van der Waals surface area contributed by atoms with E-state index in [-0.39, 0.29) is 18.5 Å². The van der Waals surface area contributed by atoms with Crippen molar-refractivity contribution in [1.82, 2.24) is 14.3 Å². The number of aromatic nitrogens is 2. The molecule has 0 bridgehead atoms. The van der Waals surface area contributed by atoms with Crippen molar-refractivity contribution in [2.24, 2.45) is 0 Å². The van der Waals surface area contributed by atoms with Crippen LogP contribution in [-0.4, -0.2) is 39.8 Å². The molecule has 0 atom stereocenters. The number of nitriles is 1. The van der Waals surface area contributed by atoms with Crippen LogP contribution in [0.3, 0.4) is 0 Å². The molecule has 1 saturated carbocycles. The van der Waals surface area contributed by atoms with Gasteiger partial charge in [0.25, 0.3) is 0 Å². The number of nitrogens with zero attached hydrogens (tertiary/aromatic N) is 5. The van der Waals surface area contributed by atoms with Crippen LogP contribution in [0.4, 0.5) is 10.5 Å². The first-order valence-corrected chi connectivity index (χ1v) is 7.09. The predicted molar refractivity (Wildman–Crippen MR) is 77.4 cm³/mol. The maximum atomic E-state index is 12.3. The average Bonchev–Trinajstić information content (AvgIpc) is 3.23. The van der Waals surface area contributed by atoms with Gasteiger partial charge in [-0.2, -0.15) is 5.26 Å². The number of pyridine rings is 1. The Morgan fingerprint density at radius 1 is 1.32 bits per heavy atom. The normalized spacial score (nSPS) is 18.4. The van der Waals surface area contributed by atoms with Gasteiger partial charge in [0.2, 0.25) is 5.91 Å². The number of likely N-dealkylation sites (N-methyl/N-ethyl adjacent to an activating group) is 1. The molecular formula is C15H13N5O2. The van der Waals surface area contributed by atoms with Gasteiger partial charge in [0.1, 0.15) is 12.6 Å². The number of hydrogen-bond donors (Lipinski definition) is 0. The van der Waals surface area contributed by atoms with Gasteiger partial charge in [-0.25, -0.2) is 9.78 Å². The molecule has 110 valence electrons. The number of anilines is 1. The third kappa shape index (κ3) is 1.77. The van der Waals surface area contributed by atoms with E-state index in [0.29, 0.717) is 22.9 Å². The van der Waals surface area contributed by atoms with Crippen molar-refractivity contribution in [3.63, 3.8) is 0 Å². The van der Waals surface area contributed by atoms with Crippen molar-refractivity contribution in [3.05, 3.63) is 29.7 Å². The van der Waals surface area contributed by atoms with Gasteiger partial charge in [0, 0.05) is 19.4 Å². The maximum absolute atomic E-state index is 12.3. The molecule has 0 radical (unpaired) electrons. The minimum atomic E-state index is -0.360. The van der Waals surface area contributed by atoms with Crippen LogP contribution >= 0.6 is 0 Å². The summed E-state index contributed by atoms with van der Waals surface area (Å²) in [5.74, 6) is 0.245. The van der Waals surface area contributed by atoms with Gasteiger partial charge in [-0.3, -0.25) is 14.6 Å². The Balaban J connectivity index is 1.91. The molecule has 1 aliphatic carbocycles. The van der Waals surface area contributed by atoms with Gasteiger partial charge in [-0.15, -0.1) is 0 Å². The lowest BCUT2D eigenvalue weighted by molar-refractivity contribution is -0.123. The number of imidazole rings is 1. The molecule has 2 fully saturated rings. The first kappa shape index (κ1) is 12.8. The summed E-state index contributed by atoms with van der Waals surface area (Å²) in [7, 11) is 1.47. The molecule has 3 heterocycles. The van der Waals surface area contributed by atoms with Gasteiger partial charge < -0.3 is 4.40 Å². The van der Waals surface area contributed by atoms with E-state index in [1.165, 1.54) is 11.9 Å². The van der Waals surface area contributed by atoms with Gasteiger partial charge in [0.05, 0.1) is 5.69 Å². The zero-order valence-corrected chi connectivity index (χ0v) is 12.0. The summed E-state index contributed by atoms with van der Waals surface area (Å²) < 4.78 is 1.78. The second-order valence-electron chi connectivity index (χ2n) is 5.72. The number of carbonyl (C=O) groups excluding carboxylic acids is 2. The van der Waals surface area contributed by atoms with Crippen molar-refractivity contribution < 1.29 is 9.59 Å². The van der Waals surface area contributed by atoms with Crippen molar-refractivity contribution in [2.45, 2.75) is 18.8 Å². The van der Waals surface area contributed by atoms with Crippen molar-refractivity contribution in [1.29, 1.82) is 5.26 Å². The lowest BCUT2D eigenvalue weighted by Crippen LogP contribution is -2.30. The lowest BCUT2D eigenvalue weighted by atomic mass is 10.1. The Kier molecular flexibility index (Phi) is 2.51. The second-order valence-corrected chi connectivity index (χ2v) is 5.72. The van der Waals surface area contributed by atoms with E-state index in [0.717, 1.165) is 23.3 Å². The summed E-state index contributed by atoms with van der Waals surface area (Å²) in [6.07, 6.45) is 5.85. The maximum Gasteiger partial charge on any atom is 0.331 e. The van der Waals surface area contributed by atoms with Crippen molar-refractivity contribution in [2.75, 3.05) is 18.5 Å². The number of amides is 3. The molecule has 1 saturated heterocycles. The average molecular weight is 295 g/mol. The van der Waals surface area contributed by atoms with E-state index in [2.05, 4.69) is 4.98 Å². The summed E-state index contributed by atoms with van der Waals surface area (Å²) in [4.78, 5) is 30.8. The Morgan fingerprint density at radius 2 is 2.09 bits per heavy atom. The summed E-state index contributed by atoms with van der Waals surface area (Å²) in [6.45, 7) is 0.00780. The third-order valence-corrected chi connectivity index (χ3v) is 4.19. The fraction of sp³-hybridized carbons (Fsp3) is 0.333. The van der Waals surface area contributed by atoms with E-state index in [1.54, 1.807) is 10.6 Å². The molecule has 3 amide bonds. The first-order valence-electron chi connectivity index (χ1n) is 7.09. The van der Waals surface area contributed by atoms with Crippen LogP contribution in [0, 0.1) is 11.3 Å². The summed E-state index contributed by atoms with van der Waals surface area (Å²) in [5, 5.41) is 9.05. The molecule has 4 rings (SSSR count). The van der Waals surface area contributed by atoms with E-state index in [1.807, 2.05) is 18.3 Å². The van der Waals surface area contributed by atoms with Crippen LogP contribution in [0.1, 0.15) is 30.0 Å². The van der Waals surface area contributed by atoms with Gasteiger partial charge in [0.15, 0.2) is 11.3 Å². The summed E-state index contributed by atoms with van der Waals surface area (Å²) in [5.41, 5.74) is 2.52. The quantitative estimate of drug-likeness (QED) is 0.786. The molecule has 2 aromatic rings. The highest BCUT2D eigenvalue weighted by Gasteiger charge is 2.36. The molecule has 0 spiro atoms. The van der Waals surface area contributed by atoms with E-state index in [4.69, 9.17) is 5.26 Å². The standard InChI is InChI=1S/C15H13N5O2/c1-18-13(21)8-20(15(18)22)12-4-10(9-2-3-9)6-19-7-11(5-16)17-14(12)19/h4,6-7,9H,2-3,8H2,1H3. The van der Waals surface area contributed by atoms with Crippen molar-refractivity contribution in [3.8, 4) is 6.07 Å². The van der Waals surface area contributed by atoms with Crippen LogP contribution < -0.4 is 4.90 Å². The highest BCUT2D eigenvalue weighted by molar-refractivity contribution is 6.13. The minimum absolute atomic E-state index is 0.00780. The monoisotopic (exact) mass is 295 g/mol. The Bertz CT molecular complexity index is 859.